The van der Waals surface area contributed by atoms with Crippen molar-refractivity contribution in [3.8, 4) is 28.3 Å². The molecule has 5 aromatic carbocycles. The molecule has 0 fully saturated rings. The number of imidazole rings is 1. The lowest BCUT2D eigenvalue weighted by atomic mass is 10.0. The summed E-state index contributed by atoms with van der Waals surface area (Å²) in [6.45, 7) is 2.02. The van der Waals surface area contributed by atoms with E-state index in [-0.39, 0.29) is 0 Å². The van der Waals surface area contributed by atoms with Crippen molar-refractivity contribution in [3.05, 3.63) is 127 Å². The van der Waals surface area contributed by atoms with Gasteiger partial charge in [0.05, 0.1) is 11.2 Å². The highest BCUT2D eigenvalue weighted by molar-refractivity contribution is 7.85. The smallest absolute Gasteiger partial charge is 0.171 e. The maximum absolute atomic E-state index is 14.6. The van der Waals surface area contributed by atoms with Crippen molar-refractivity contribution < 1.29 is 9.30 Å². The van der Waals surface area contributed by atoms with Crippen LogP contribution in [0.3, 0.4) is 0 Å². The average Bonchev–Trinajstić information content (AvgIpc) is 3.31. The molecule has 178 valence electrons. The molecule has 0 atom stereocenters. The van der Waals surface area contributed by atoms with E-state index in [2.05, 4.69) is 22.8 Å². The summed E-state index contributed by atoms with van der Waals surface area (Å²) in [6.07, 6.45) is 0. The number of aryl methyl sites for hydroxylation is 1. The van der Waals surface area contributed by atoms with E-state index in [1.165, 1.54) is 0 Å². The first-order valence-corrected chi connectivity index (χ1v) is 14.0. The number of para-hydroxylation sites is 1. The van der Waals surface area contributed by atoms with E-state index >= 15 is 0 Å². The van der Waals surface area contributed by atoms with Gasteiger partial charge in [-0.15, -0.1) is 0 Å². The third-order valence-corrected chi connectivity index (χ3v) is 10.1. The third kappa shape index (κ3) is 3.37. The molecule has 0 unspecified atom stereocenters. The summed E-state index contributed by atoms with van der Waals surface area (Å²) in [5.74, 6) is 2.54. The Bertz CT molecular complexity index is 1780. The predicted molar refractivity (Wildman–Crippen MR) is 151 cm³/mol. The number of rotatable bonds is 4. The molecule has 0 saturated heterocycles. The van der Waals surface area contributed by atoms with Gasteiger partial charge in [-0.2, -0.15) is 0 Å². The van der Waals surface area contributed by atoms with Crippen LogP contribution in [0, 0.1) is 6.92 Å². The van der Waals surface area contributed by atoms with Crippen LogP contribution in [0.25, 0.3) is 27.8 Å². The summed E-state index contributed by atoms with van der Waals surface area (Å²) in [5, 5.41) is 2.47. The number of hydrogen-bond donors (Lipinski definition) is 0. The zero-order chi connectivity index (χ0) is 25.0. The minimum atomic E-state index is -3.00. The quantitative estimate of drug-likeness (QED) is 0.252. The second-order valence-electron chi connectivity index (χ2n) is 9.23. The molecule has 0 saturated carbocycles. The Labute approximate surface area is 215 Å². The van der Waals surface area contributed by atoms with Gasteiger partial charge in [0.25, 0.3) is 0 Å². The van der Waals surface area contributed by atoms with Gasteiger partial charge in [-0.3, -0.25) is 4.57 Å². The van der Waals surface area contributed by atoms with Crippen LogP contribution in [0.2, 0.25) is 0 Å². The zero-order valence-corrected chi connectivity index (χ0v) is 21.1. The fraction of sp³-hybridized carbons (Fsp3) is 0.0312. The molecule has 2 heterocycles. The Morgan fingerprint density at radius 1 is 0.649 bits per heavy atom. The van der Waals surface area contributed by atoms with Crippen LogP contribution in [-0.4, -0.2) is 9.55 Å². The van der Waals surface area contributed by atoms with Gasteiger partial charge >= 0.3 is 0 Å². The van der Waals surface area contributed by atoms with Gasteiger partial charge in [0.15, 0.2) is 18.6 Å². The minimum absolute atomic E-state index is 0.793. The molecule has 5 heteroatoms. The Balaban J connectivity index is 1.30. The number of hydrogen-bond acceptors (Lipinski definition) is 3. The first-order valence-electron chi connectivity index (χ1n) is 12.3. The topological polar surface area (TPSA) is 44.1 Å². The number of nitrogens with zero attached hydrogens (tertiary/aromatic N) is 2. The van der Waals surface area contributed by atoms with Gasteiger partial charge in [-0.25, -0.2) is 4.98 Å². The summed E-state index contributed by atoms with van der Waals surface area (Å²) >= 11 is 0. The number of ether oxygens (including phenoxy) is 1. The predicted octanol–water partition coefficient (Wildman–Crippen LogP) is 6.75. The molecule has 0 radical (unpaired) electrons. The molecule has 37 heavy (non-hydrogen) atoms. The Kier molecular flexibility index (Phi) is 4.92. The molecular formula is C32H23N2O2P. The third-order valence-electron chi connectivity index (χ3n) is 7.03. The highest BCUT2D eigenvalue weighted by Gasteiger charge is 2.29. The van der Waals surface area contributed by atoms with Crippen molar-refractivity contribution in [3.63, 3.8) is 0 Å². The summed E-state index contributed by atoms with van der Waals surface area (Å²) in [4.78, 5) is 4.70. The SMILES string of the molecule is Cc1nc2cccc3c2n1-c1ccc(-c2ccc(P(=O)(c4ccccc4)c4ccccc4)cc2)cc1O3. The van der Waals surface area contributed by atoms with Gasteiger partial charge in [-0.1, -0.05) is 97.1 Å². The van der Waals surface area contributed by atoms with Crippen molar-refractivity contribution in [2.45, 2.75) is 6.92 Å². The standard InChI is InChI=1S/C32H23N2O2P/c1-22-33-28-13-8-14-30-32(28)34(22)29-20-17-24(21-31(29)36-30)23-15-18-27(19-16-23)37(35,25-9-4-2-5-10-25)26-11-6-3-7-12-26/h2-21H,1H3. The van der Waals surface area contributed by atoms with Crippen LogP contribution in [0.4, 0.5) is 0 Å². The van der Waals surface area contributed by atoms with Gasteiger partial charge < -0.3 is 9.30 Å². The second-order valence-corrected chi connectivity index (χ2v) is 12.0. The highest BCUT2D eigenvalue weighted by atomic mass is 31.2. The van der Waals surface area contributed by atoms with Crippen molar-refractivity contribution in [2.24, 2.45) is 0 Å². The molecule has 7 rings (SSSR count). The summed E-state index contributed by atoms with van der Waals surface area (Å²) < 4.78 is 23.1. The normalized spacial score (nSPS) is 12.2. The van der Waals surface area contributed by atoms with Gasteiger partial charge in [0.1, 0.15) is 11.3 Å². The molecule has 1 aliphatic rings. The molecule has 0 spiro atoms. The van der Waals surface area contributed by atoms with Crippen LogP contribution in [0.5, 0.6) is 11.5 Å². The average molecular weight is 499 g/mol. The Morgan fingerprint density at radius 3 is 1.95 bits per heavy atom. The molecular weight excluding hydrogens is 475 g/mol. The molecule has 1 aromatic heterocycles. The lowest BCUT2D eigenvalue weighted by molar-refractivity contribution is 0.475. The van der Waals surface area contributed by atoms with Crippen molar-refractivity contribution in [1.29, 1.82) is 0 Å². The minimum Gasteiger partial charge on any atom is -0.453 e. The Morgan fingerprint density at radius 2 is 1.27 bits per heavy atom. The van der Waals surface area contributed by atoms with Crippen LogP contribution < -0.4 is 20.7 Å². The maximum Gasteiger partial charge on any atom is 0.171 e. The van der Waals surface area contributed by atoms with E-state index in [1.807, 2.05) is 110 Å². The van der Waals surface area contributed by atoms with E-state index in [1.54, 1.807) is 0 Å². The number of aromatic nitrogens is 2. The second kappa shape index (κ2) is 8.33. The fourth-order valence-electron chi connectivity index (χ4n) is 5.25. The Hall–Kier alpha value is -4.40. The van der Waals surface area contributed by atoms with Crippen LogP contribution >= 0.6 is 7.14 Å². The van der Waals surface area contributed by atoms with Crippen molar-refractivity contribution in [1.82, 2.24) is 9.55 Å². The number of benzene rings is 5. The molecule has 0 N–H and O–H groups in total. The largest absolute Gasteiger partial charge is 0.453 e. The lowest BCUT2D eigenvalue weighted by Gasteiger charge is -2.22. The summed E-state index contributed by atoms with van der Waals surface area (Å²) in [7, 11) is -3.00. The highest BCUT2D eigenvalue weighted by Crippen LogP contribution is 2.44. The van der Waals surface area contributed by atoms with Crippen LogP contribution in [-0.2, 0) is 4.57 Å². The van der Waals surface area contributed by atoms with E-state index in [4.69, 9.17) is 9.72 Å². The van der Waals surface area contributed by atoms with E-state index in [0.717, 1.165) is 61.1 Å². The number of fused-ring (bicyclic) bond motifs is 2. The van der Waals surface area contributed by atoms with E-state index < -0.39 is 7.14 Å². The van der Waals surface area contributed by atoms with Crippen molar-refractivity contribution in [2.75, 3.05) is 0 Å². The molecule has 1 aliphatic heterocycles. The lowest BCUT2D eigenvalue weighted by Crippen LogP contribution is -2.24. The van der Waals surface area contributed by atoms with Crippen molar-refractivity contribution >= 4 is 34.1 Å². The summed E-state index contributed by atoms with van der Waals surface area (Å²) in [5.41, 5.74) is 4.99. The first kappa shape index (κ1) is 21.8. The van der Waals surface area contributed by atoms with Crippen LogP contribution in [0.1, 0.15) is 5.82 Å². The molecule has 6 aromatic rings. The monoisotopic (exact) mass is 498 g/mol. The first-order chi connectivity index (χ1) is 18.1. The van der Waals surface area contributed by atoms with Gasteiger partial charge in [-0.05, 0) is 42.3 Å². The van der Waals surface area contributed by atoms with Crippen LogP contribution in [0.15, 0.2) is 121 Å². The van der Waals surface area contributed by atoms with Gasteiger partial charge in [0, 0.05) is 15.9 Å². The van der Waals surface area contributed by atoms with Gasteiger partial charge in [0.2, 0.25) is 0 Å². The molecule has 4 nitrogen and oxygen atoms in total. The maximum atomic E-state index is 14.6. The zero-order valence-electron chi connectivity index (χ0n) is 20.2. The fourth-order valence-corrected chi connectivity index (χ4v) is 7.90. The summed E-state index contributed by atoms with van der Waals surface area (Å²) in [6, 6.07) is 39.8. The van der Waals surface area contributed by atoms with E-state index in [9.17, 15) is 4.57 Å². The molecule has 0 amide bonds. The molecule has 0 bridgehead atoms. The molecule has 0 aliphatic carbocycles. The van der Waals surface area contributed by atoms with E-state index in [0.29, 0.717) is 0 Å².